The highest BCUT2D eigenvalue weighted by Gasteiger charge is 2.38. The quantitative estimate of drug-likeness (QED) is 0.602. The van der Waals surface area contributed by atoms with Crippen molar-refractivity contribution >= 4 is 33.3 Å². The smallest absolute Gasteiger partial charge is 0.324 e. The zero-order valence-electron chi connectivity index (χ0n) is 11.2. The Morgan fingerprint density at radius 1 is 1.52 bits per heavy atom. The highest BCUT2D eigenvalue weighted by molar-refractivity contribution is 7.89. The summed E-state index contributed by atoms with van der Waals surface area (Å²) >= 11 is 5.61. The average molecular weight is 337 g/mol. The number of hydrogen-bond acceptors (Lipinski definition) is 5. The lowest BCUT2D eigenvalue weighted by atomic mass is 10.0. The van der Waals surface area contributed by atoms with Gasteiger partial charge in [-0.15, -0.1) is 0 Å². The standard InChI is InChI=1S/C11H13ClN2O6S/c1-3-11(2,10(15)16)13-21(19,20)9-5-4-7(12)6-8(9)14(17)18/h4-6,13H,3H2,1-2H3,(H,15,16). The summed E-state index contributed by atoms with van der Waals surface area (Å²) in [7, 11) is -4.40. The number of nitro benzene ring substituents is 1. The molecular weight excluding hydrogens is 324 g/mol. The second-order valence-corrected chi connectivity index (χ2v) is 6.55. The van der Waals surface area contributed by atoms with Crippen LogP contribution in [0.5, 0.6) is 0 Å². The van der Waals surface area contributed by atoms with Gasteiger partial charge in [0.15, 0.2) is 4.90 Å². The molecule has 116 valence electrons. The third-order valence-corrected chi connectivity index (χ3v) is 4.82. The van der Waals surface area contributed by atoms with Crippen molar-refractivity contribution in [3.05, 3.63) is 33.3 Å². The van der Waals surface area contributed by atoms with E-state index in [0.29, 0.717) is 0 Å². The molecule has 0 heterocycles. The number of rotatable bonds is 6. The first-order valence-electron chi connectivity index (χ1n) is 5.75. The number of aliphatic carboxylic acids is 1. The Bertz CT molecular complexity index is 690. The second-order valence-electron chi connectivity index (χ2n) is 4.47. The largest absolute Gasteiger partial charge is 0.480 e. The molecule has 10 heteroatoms. The third kappa shape index (κ3) is 3.69. The maximum absolute atomic E-state index is 12.2. The molecule has 0 saturated heterocycles. The number of carboxylic acid groups (broad SMARTS) is 1. The van der Waals surface area contributed by atoms with Gasteiger partial charge in [-0.25, -0.2) is 8.42 Å². The molecule has 1 rings (SSSR count). The van der Waals surface area contributed by atoms with Crippen molar-refractivity contribution in [1.82, 2.24) is 4.72 Å². The summed E-state index contributed by atoms with van der Waals surface area (Å²) in [4.78, 5) is 20.5. The number of carbonyl (C=O) groups is 1. The Morgan fingerprint density at radius 3 is 2.52 bits per heavy atom. The van der Waals surface area contributed by atoms with Crippen molar-refractivity contribution in [2.75, 3.05) is 0 Å². The second kappa shape index (κ2) is 5.96. The van der Waals surface area contributed by atoms with E-state index in [1.165, 1.54) is 19.9 Å². The van der Waals surface area contributed by atoms with E-state index in [1.807, 2.05) is 4.72 Å². The molecule has 1 aromatic carbocycles. The highest BCUT2D eigenvalue weighted by Crippen LogP contribution is 2.28. The molecule has 1 unspecified atom stereocenters. The molecule has 0 radical (unpaired) electrons. The van der Waals surface area contributed by atoms with Gasteiger partial charge in [0.05, 0.1) is 4.92 Å². The van der Waals surface area contributed by atoms with E-state index in [-0.39, 0.29) is 11.4 Å². The van der Waals surface area contributed by atoms with Crippen LogP contribution in [0.25, 0.3) is 0 Å². The van der Waals surface area contributed by atoms with Crippen LogP contribution in [0.1, 0.15) is 20.3 Å². The van der Waals surface area contributed by atoms with E-state index < -0.39 is 37.0 Å². The Morgan fingerprint density at radius 2 is 2.10 bits per heavy atom. The SMILES string of the molecule is CCC(C)(NS(=O)(=O)c1ccc(Cl)cc1[N+](=O)[O-])C(=O)O. The van der Waals surface area contributed by atoms with Crippen LogP contribution >= 0.6 is 11.6 Å². The van der Waals surface area contributed by atoms with Gasteiger partial charge in [-0.1, -0.05) is 18.5 Å². The molecule has 0 aliphatic rings. The number of nitro groups is 1. The van der Waals surface area contributed by atoms with Crippen LogP contribution in [0.3, 0.4) is 0 Å². The Kier molecular flexibility index (Phi) is 4.92. The zero-order chi connectivity index (χ0) is 16.4. The van der Waals surface area contributed by atoms with E-state index in [2.05, 4.69) is 0 Å². The number of hydrogen-bond donors (Lipinski definition) is 2. The fraction of sp³-hybridized carbons (Fsp3) is 0.364. The number of sulfonamides is 1. The van der Waals surface area contributed by atoms with Crippen molar-refractivity contribution in [2.24, 2.45) is 0 Å². The number of benzene rings is 1. The van der Waals surface area contributed by atoms with Gasteiger partial charge in [-0.05, 0) is 25.5 Å². The molecule has 0 aliphatic carbocycles. The summed E-state index contributed by atoms with van der Waals surface area (Å²) < 4.78 is 26.4. The van der Waals surface area contributed by atoms with Gasteiger partial charge >= 0.3 is 5.97 Å². The lowest BCUT2D eigenvalue weighted by Gasteiger charge is -2.24. The highest BCUT2D eigenvalue weighted by atomic mass is 35.5. The van der Waals surface area contributed by atoms with Crippen LogP contribution < -0.4 is 4.72 Å². The summed E-state index contributed by atoms with van der Waals surface area (Å²) in [5, 5.41) is 20.0. The minimum Gasteiger partial charge on any atom is -0.480 e. The molecule has 0 aliphatic heterocycles. The topological polar surface area (TPSA) is 127 Å². The number of nitrogens with one attached hydrogen (secondary N) is 1. The molecule has 8 nitrogen and oxygen atoms in total. The van der Waals surface area contributed by atoms with Gasteiger partial charge < -0.3 is 5.11 Å². The van der Waals surface area contributed by atoms with Gasteiger partial charge in [0.25, 0.3) is 5.69 Å². The zero-order valence-corrected chi connectivity index (χ0v) is 12.7. The molecule has 1 aromatic rings. The van der Waals surface area contributed by atoms with E-state index in [0.717, 1.165) is 12.1 Å². The maximum atomic E-state index is 12.2. The summed E-state index contributed by atoms with van der Waals surface area (Å²) in [5.74, 6) is -1.38. The Labute approximate surface area is 125 Å². The van der Waals surface area contributed by atoms with E-state index in [9.17, 15) is 23.3 Å². The fourth-order valence-electron chi connectivity index (χ4n) is 1.48. The van der Waals surface area contributed by atoms with Gasteiger partial charge in [0, 0.05) is 11.1 Å². The van der Waals surface area contributed by atoms with Crippen molar-refractivity contribution < 1.29 is 23.2 Å². The molecular formula is C11H13ClN2O6S. The third-order valence-electron chi connectivity index (χ3n) is 2.95. The molecule has 0 amide bonds. The van der Waals surface area contributed by atoms with Gasteiger partial charge in [0.2, 0.25) is 10.0 Å². The molecule has 0 spiro atoms. The van der Waals surface area contributed by atoms with E-state index in [1.54, 1.807) is 0 Å². The van der Waals surface area contributed by atoms with E-state index >= 15 is 0 Å². The summed E-state index contributed by atoms with van der Waals surface area (Å²) in [6.07, 6.45) is -0.0387. The van der Waals surface area contributed by atoms with Crippen LogP contribution in [0, 0.1) is 10.1 Å². The van der Waals surface area contributed by atoms with Crippen molar-refractivity contribution in [1.29, 1.82) is 0 Å². The molecule has 0 bridgehead atoms. The summed E-state index contributed by atoms with van der Waals surface area (Å²) in [6, 6.07) is 3.02. The first kappa shape index (κ1) is 17.3. The van der Waals surface area contributed by atoms with E-state index in [4.69, 9.17) is 16.7 Å². The summed E-state index contributed by atoms with van der Waals surface area (Å²) in [6.45, 7) is 2.65. The Hall–Kier alpha value is -1.71. The van der Waals surface area contributed by atoms with Crippen LogP contribution in [0.4, 0.5) is 5.69 Å². The predicted molar refractivity (Wildman–Crippen MR) is 74.8 cm³/mol. The number of nitrogens with zero attached hydrogens (tertiary/aromatic N) is 1. The van der Waals surface area contributed by atoms with Crippen LogP contribution in [-0.4, -0.2) is 30.0 Å². The number of carboxylic acids is 1. The molecule has 21 heavy (non-hydrogen) atoms. The average Bonchev–Trinajstić information content (AvgIpc) is 2.37. The number of halogens is 1. The molecule has 0 fully saturated rings. The first-order valence-corrected chi connectivity index (χ1v) is 7.61. The minimum absolute atomic E-state index is 0.00265. The summed E-state index contributed by atoms with van der Waals surface area (Å²) in [5.41, 5.74) is -2.49. The monoisotopic (exact) mass is 336 g/mol. The van der Waals surface area contributed by atoms with Gasteiger partial charge in [-0.3, -0.25) is 14.9 Å². The molecule has 0 aromatic heterocycles. The fourth-order valence-corrected chi connectivity index (χ4v) is 3.24. The maximum Gasteiger partial charge on any atom is 0.324 e. The van der Waals surface area contributed by atoms with Crippen LogP contribution in [0.15, 0.2) is 23.1 Å². The van der Waals surface area contributed by atoms with Gasteiger partial charge in [0.1, 0.15) is 5.54 Å². The Balaban J connectivity index is 3.39. The lowest BCUT2D eigenvalue weighted by molar-refractivity contribution is -0.387. The molecule has 0 saturated carbocycles. The van der Waals surface area contributed by atoms with Crippen LogP contribution in [0.2, 0.25) is 5.02 Å². The van der Waals surface area contributed by atoms with Gasteiger partial charge in [-0.2, -0.15) is 4.72 Å². The normalized spacial score (nSPS) is 14.4. The van der Waals surface area contributed by atoms with Crippen molar-refractivity contribution in [3.63, 3.8) is 0 Å². The van der Waals surface area contributed by atoms with Crippen molar-refractivity contribution in [2.45, 2.75) is 30.7 Å². The van der Waals surface area contributed by atoms with Crippen molar-refractivity contribution in [3.8, 4) is 0 Å². The lowest BCUT2D eigenvalue weighted by Crippen LogP contribution is -2.51. The predicted octanol–water partition coefficient (Wildman–Crippen LogP) is 1.78. The molecule has 2 N–H and O–H groups in total. The molecule has 1 atom stereocenters. The minimum atomic E-state index is -4.40. The van der Waals surface area contributed by atoms with Crippen LogP contribution in [-0.2, 0) is 14.8 Å². The first-order chi connectivity index (χ1) is 9.53.